The van der Waals surface area contributed by atoms with Crippen LogP contribution >= 0.6 is 0 Å². The number of benzene rings is 2. The molecule has 2 amide bonds. The largest absolute Gasteiger partial charge is 0.496 e. The Morgan fingerprint density at radius 2 is 1.72 bits per heavy atom. The van der Waals surface area contributed by atoms with E-state index in [9.17, 15) is 19.5 Å². The summed E-state index contributed by atoms with van der Waals surface area (Å²) in [5.74, 6) is -1.56. The molecular weight excluding hydrogens is 829 g/mol. The number of urea groups is 1. The van der Waals surface area contributed by atoms with E-state index in [4.69, 9.17) is 18.9 Å². The molecule has 1 unspecified atom stereocenters. The molecule has 2 aromatic carbocycles. The molecule has 0 radical (unpaired) electrons. The molecule has 10 rings (SSSR count). The van der Waals surface area contributed by atoms with Crippen LogP contribution in [-0.4, -0.2) is 140 Å². The lowest BCUT2D eigenvalue weighted by atomic mass is 9.47. The van der Waals surface area contributed by atoms with Crippen LogP contribution in [0.15, 0.2) is 48.6 Å². The molecule has 1 spiro atoms. The van der Waals surface area contributed by atoms with Crippen molar-refractivity contribution in [1.82, 2.24) is 25.4 Å². The number of nitrogens with one attached hydrogen (secondary N) is 3. The lowest BCUT2D eigenvalue weighted by Gasteiger charge is -2.63. The lowest BCUT2D eigenvalue weighted by molar-refractivity contribution is -0.228. The van der Waals surface area contributed by atoms with Crippen molar-refractivity contribution in [2.45, 2.75) is 118 Å². The molecule has 4 fully saturated rings. The maximum Gasteiger partial charge on any atom is 0.344 e. The number of piperidine rings is 1. The van der Waals surface area contributed by atoms with Gasteiger partial charge in [0.2, 0.25) is 5.60 Å². The van der Waals surface area contributed by atoms with Gasteiger partial charge in [-0.05, 0) is 87.1 Å². The molecule has 2 bridgehead atoms. The fraction of sp³-hybridized carbons (Fsp3) is 0.600. The number of hydrogen-bond acceptors (Lipinski definition) is 12. The summed E-state index contributed by atoms with van der Waals surface area (Å²) in [6, 6.07) is 11.0. The molecular formula is C50H64N6O9. The standard InChI is InChI=1S/C50H64N6O9/c1-8-46(53-45(60)51-31-15-16-31)25-30-26-49(43(58)63-6,39-33(17-21-55(27-30)28-46)32-13-10-11-14-36(32)52-39)35-23-34-37(24-38(35)62-5)54(4)41-48(34)19-22-56-20-12-18-47(9-2,40(48)56)42(65-29(3)57)50(41,61)44(59)64-7/h10-14,18,23-24,30-31,40-42,52,61H,8-9,15-17,19-22,25-28H2,1-7H3,(H2,51,53,60)/t30-,40+,41-,42-,46+,47-,48-,49+,50+/m1/s1. The number of aromatic amines is 1. The van der Waals surface area contributed by atoms with Crippen LogP contribution in [0.25, 0.3) is 10.9 Å². The van der Waals surface area contributed by atoms with E-state index in [2.05, 4.69) is 56.6 Å². The van der Waals surface area contributed by atoms with E-state index in [1.165, 1.54) is 21.1 Å². The van der Waals surface area contributed by atoms with Crippen molar-refractivity contribution >= 4 is 40.5 Å². The minimum atomic E-state index is -2.32. The molecule has 10 atom stereocenters. The Bertz CT molecular complexity index is 2490. The number of ether oxygens (including phenoxy) is 4. The fourth-order valence-electron chi connectivity index (χ4n) is 14.4. The van der Waals surface area contributed by atoms with Crippen LogP contribution in [0.1, 0.15) is 88.1 Å². The van der Waals surface area contributed by atoms with Gasteiger partial charge >= 0.3 is 23.9 Å². The minimum absolute atomic E-state index is 0.0882. The molecule has 1 aromatic heterocycles. The first-order valence-corrected chi connectivity index (χ1v) is 23.5. The number of carbonyl (C=O) groups is 4. The number of aliphatic hydroxyl groups is 1. The van der Waals surface area contributed by atoms with Crippen LogP contribution in [0, 0.1) is 11.3 Å². The van der Waals surface area contributed by atoms with Gasteiger partial charge < -0.3 is 49.5 Å². The topological polar surface area (TPSA) is 175 Å². The maximum absolute atomic E-state index is 15.6. The van der Waals surface area contributed by atoms with Gasteiger partial charge in [0, 0.05) is 97.0 Å². The second kappa shape index (κ2) is 15.5. The van der Waals surface area contributed by atoms with Gasteiger partial charge in [0.05, 0.1) is 32.9 Å². The number of nitrogens with zero attached hydrogens (tertiary/aromatic N) is 3. The summed E-state index contributed by atoms with van der Waals surface area (Å²) >= 11 is 0. The lowest BCUT2D eigenvalue weighted by Crippen LogP contribution is -2.81. The molecule has 7 aliphatic rings. The molecule has 3 aromatic rings. The zero-order valence-corrected chi connectivity index (χ0v) is 38.8. The van der Waals surface area contributed by atoms with E-state index < -0.39 is 57.4 Å². The van der Waals surface area contributed by atoms with Gasteiger partial charge in [0.1, 0.15) is 11.2 Å². The minimum Gasteiger partial charge on any atom is -0.496 e. The van der Waals surface area contributed by atoms with Crippen molar-refractivity contribution in [3.8, 4) is 5.75 Å². The molecule has 2 aliphatic carbocycles. The van der Waals surface area contributed by atoms with Gasteiger partial charge in [0.25, 0.3) is 0 Å². The average Bonchev–Trinajstić information content (AvgIpc) is 3.81. The average molecular weight is 893 g/mol. The number of fused-ring (bicyclic) bond motifs is 6. The van der Waals surface area contributed by atoms with E-state index in [0.717, 1.165) is 46.3 Å². The SMILES string of the molecule is CC[C@]1(NC(=O)NC2CC2)C[C@H]2CN(CCc3c([nH]c4ccccc34)[C@@](C(=O)OC)(c3cc4c(cc3OC)N(C)[C@H]3[C@@](O)(C(=O)OC)[C@H](OC(C)=O)[C@]5(CC)C=CCN6CC[C@]43[C@@H]65)C2)C1. The summed E-state index contributed by atoms with van der Waals surface area (Å²) in [5.41, 5.74) is -1.34. The zero-order chi connectivity index (χ0) is 45.8. The molecule has 6 heterocycles. The van der Waals surface area contributed by atoms with E-state index >= 15 is 4.79 Å². The summed E-state index contributed by atoms with van der Waals surface area (Å²) in [6.45, 7) is 8.85. The molecule has 4 N–H and O–H groups in total. The van der Waals surface area contributed by atoms with E-state index in [1.807, 2.05) is 43.1 Å². The summed E-state index contributed by atoms with van der Waals surface area (Å²) in [4.78, 5) is 67.4. The van der Waals surface area contributed by atoms with Crippen molar-refractivity contribution < 1.29 is 43.2 Å². The Morgan fingerprint density at radius 3 is 2.42 bits per heavy atom. The van der Waals surface area contributed by atoms with Gasteiger partial charge in [-0.15, -0.1) is 0 Å². The van der Waals surface area contributed by atoms with Crippen molar-refractivity contribution in [3.63, 3.8) is 0 Å². The van der Waals surface area contributed by atoms with Crippen LogP contribution in [0.4, 0.5) is 10.5 Å². The summed E-state index contributed by atoms with van der Waals surface area (Å²) in [5, 5.41) is 21.0. The van der Waals surface area contributed by atoms with E-state index in [0.29, 0.717) is 82.6 Å². The highest BCUT2D eigenvalue weighted by atomic mass is 16.6. The van der Waals surface area contributed by atoms with Crippen molar-refractivity contribution in [2.75, 3.05) is 66.0 Å². The van der Waals surface area contributed by atoms with Crippen LogP contribution in [-0.2, 0) is 45.8 Å². The van der Waals surface area contributed by atoms with Crippen LogP contribution in [0.2, 0.25) is 0 Å². The van der Waals surface area contributed by atoms with Gasteiger partial charge in [-0.1, -0.05) is 44.2 Å². The molecule has 348 valence electrons. The first-order valence-electron chi connectivity index (χ1n) is 23.5. The number of amides is 2. The second-order valence-corrected chi connectivity index (χ2v) is 20.1. The zero-order valence-electron chi connectivity index (χ0n) is 38.8. The van der Waals surface area contributed by atoms with Crippen molar-refractivity contribution in [1.29, 1.82) is 0 Å². The van der Waals surface area contributed by atoms with Gasteiger partial charge in [-0.25, -0.2) is 9.59 Å². The van der Waals surface area contributed by atoms with Gasteiger partial charge in [-0.3, -0.25) is 14.5 Å². The molecule has 15 heteroatoms. The molecule has 2 saturated carbocycles. The predicted octanol–water partition coefficient (Wildman–Crippen LogP) is 4.46. The van der Waals surface area contributed by atoms with Gasteiger partial charge in [-0.2, -0.15) is 0 Å². The second-order valence-electron chi connectivity index (χ2n) is 20.1. The number of aromatic nitrogens is 1. The first kappa shape index (κ1) is 43.8. The first-order chi connectivity index (χ1) is 31.2. The third-order valence-electron chi connectivity index (χ3n) is 16.9. The highest BCUT2D eigenvalue weighted by Gasteiger charge is 2.80. The normalized spacial score (nSPS) is 35.6. The van der Waals surface area contributed by atoms with Crippen LogP contribution in [0.3, 0.4) is 0 Å². The summed E-state index contributed by atoms with van der Waals surface area (Å²) in [7, 11) is 6.18. The Balaban J connectivity index is 1.23. The highest BCUT2D eigenvalue weighted by Crippen LogP contribution is 2.68. The van der Waals surface area contributed by atoms with Crippen molar-refractivity contribution in [2.24, 2.45) is 11.3 Å². The Labute approximate surface area is 380 Å². The number of H-pyrrole nitrogens is 1. The fourth-order valence-corrected chi connectivity index (χ4v) is 14.4. The van der Waals surface area contributed by atoms with E-state index in [1.54, 1.807) is 7.11 Å². The number of carbonyl (C=O) groups excluding carboxylic acids is 4. The maximum atomic E-state index is 15.6. The van der Waals surface area contributed by atoms with Crippen LogP contribution < -0.4 is 20.3 Å². The number of likely N-dealkylation sites (N-methyl/N-ethyl adjacent to an activating group) is 1. The van der Waals surface area contributed by atoms with Crippen molar-refractivity contribution in [3.05, 3.63) is 70.9 Å². The quantitative estimate of drug-likeness (QED) is 0.135. The monoisotopic (exact) mass is 892 g/mol. The molecule has 65 heavy (non-hydrogen) atoms. The number of hydrogen-bond donors (Lipinski definition) is 4. The molecule has 5 aliphatic heterocycles. The number of esters is 3. The third-order valence-corrected chi connectivity index (χ3v) is 16.9. The Hall–Kier alpha value is -5.12. The summed E-state index contributed by atoms with van der Waals surface area (Å²) < 4.78 is 24.2. The van der Waals surface area contributed by atoms with Gasteiger partial charge in [0.15, 0.2) is 6.10 Å². The highest BCUT2D eigenvalue weighted by molar-refractivity contribution is 5.95. The number of anilines is 1. The Morgan fingerprint density at radius 1 is 0.954 bits per heavy atom. The molecule has 2 saturated heterocycles. The smallest absolute Gasteiger partial charge is 0.344 e. The number of methoxy groups -OCH3 is 3. The number of para-hydroxylation sites is 1. The number of rotatable bonds is 9. The molecule has 15 nitrogen and oxygen atoms in total. The van der Waals surface area contributed by atoms with Crippen LogP contribution in [0.5, 0.6) is 5.75 Å². The Kier molecular flexibility index (Phi) is 10.4. The summed E-state index contributed by atoms with van der Waals surface area (Å²) in [6.07, 6.45) is 8.14. The predicted molar refractivity (Wildman–Crippen MR) is 243 cm³/mol. The third kappa shape index (κ3) is 6.09. The van der Waals surface area contributed by atoms with E-state index in [-0.39, 0.29) is 24.0 Å².